The molecule has 0 rings (SSSR count). The third-order valence-corrected chi connectivity index (χ3v) is 8.92. The van der Waals surface area contributed by atoms with E-state index in [4.69, 9.17) is 5.73 Å². The number of hydrogen-bond acceptors (Lipinski definition) is 4. The standard InChI is InChI=1S/C38H75NO3/c1-3-5-7-9-11-13-15-17-18-19-20-22-24-26-28-30-32-34-36(41)38(42)37(39)35(40)33-31-29-27-25-23-21-16-14-12-10-8-6-4-2/h31,33,35,37-38,40,42H,3-30,32,34,39H2,1-2H3/b33-31+/t35-,37-,38?/m1/s1. The topological polar surface area (TPSA) is 83.6 Å². The molecule has 42 heavy (non-hydrogen) atoms. The Hall–Kier alpha value is -0.710. The van der Waals surface area contributed by atoms with Gasteiger partial charge in [-0.25, -0.2) is 0 Å². The van der Waals surface area contributed by atoms with Gasteiger partial charge in [0.05, 0.1) is 12.1 Å². The number of rotatable bonds is 34. The third-order valence-electron chi connectivity index (χ3n) is 8.92. The molecular weight excluding hydrogens is 518 g/mol. The summed E-state index contributed by atoms with van der Waals surface area (Å²) in [5, 5.41) is 20.6. The van der Waals surface area contributed by atoms with Crippen molar-refractivity contribution >= 4 is 5.78 Å². The Bertz CT molecular complexity index is 579. The zero-order valence-corrected chi connectivity index (χ0v) is 28.5. The third kappa shape index (κ3) is 28.1. The molecule has 4 N–H and O–H groups in total. The fraction of sp³-hybridized carbons (Fsp3) is 0.921. The van der Waals surface area contributed by atoms with Crippen LogP contribution < -0.4 is 5.73 Å². The second-order valence-corrected chi connectivity index (χ2v) is 13.1. The molecule has 0 bridgehead atoms. The normalized spacial score (nSPS) is 14.0. The molecule has 0 aliphatic rings. The van der Waals surface area contributed by atoms with Crippen LogP contribution in [-0.4, -0.2) is 34.2 Å². The lowest BCUT2D eigenvalue weighted by Gasteiger charge is -2.21. The van der Waals surface area contributed by atoms with Crippen LogP contribution in [0.4, 0.5) is 0 Å². The predicted octanol–water partition coefficient (Wildman–Crippen LogP) is 10.9. The molecule has 0 saturated carbocycles. The minimum Gasteiger partial charge on any atom is -0.387 e. The first-order chi connectivity index (χ1) is 20.5. The molecule has 0 aliphatic carbocycles. The van der Waals surface area contributed by atoms with E-state index in [1.807, 2.05) is 6.08 Å². The van der Waals surface area contributed by atoms with Crippen molar-refractivity contribution in [3.05, 3.63) is 12.2 Å². The number of carbonyl (C=O) groups excluding carboxylic acids is 1. The summed E-state index contributed by atoms with van der Waals surface area (Å²) >= 11 is 0. The smallest absolute Gasteiger partial charge is 0.162 e. The number of ketones is 1. The van der Waals surface area contributed by atoms with E-state index in [2.05, 4.69) is 13.8 Å². The molecule has 3 atom stereocenters. The molecule has 0 aliphatic heterocycles. The van der Waals surface area contributed by atoms with Crippen LogP contribution in [0.1, 0.15) is 206 Å². The highest BCUT2D eigenvalue weighted by Crippen LogP contribution is 2.16. The Morgan fingerprint density at radius 1 is 0.524 bits per heavy atom. The van der Waals surface area contributed by atoms with Crippen molar-refractivity contribution in [2.75, 3.05) is 0 Å². The Balaban J connectivity index is 3.59. The maximum absolute atomic E-state index is 12.4. The van der Waals surface area contributed by atoms with Crippen molar-refractivity contribution in [3.8, 4) is 0 Å². The summed E-state index contributed by atoms with van der Waals surface area (Å²) in [6, 6.07) is -0.947. The van der Waals surface area contributed by atoms with E-state index in [9.17, 15) is 15.0 Å². The van der Waals surface area contributed by atoms with E-state index in [-0.39, 0.29) is 5.78 Å². The molecule has 0 radical (unpaired) electrons. The summed E-state index contributed by atoms with van der Waals surface area (Å²) in [5.74, 6) is -0.235. The molecule has 1 unspecified atom stereocenters. The van der Waals surface area contributed by atoms with Gasteiger partial charge < -0.3 is 15.9 Å². The van der Waals surface area contributed by atoms with Gasteiger partial charge in [-0.3, -0.25) is 4.79 Å². The lowest BCUT2D eigenvalue weighted by molar-refractivity contribution is -0.129. The second-order valence-electron chi connectivity index (χ2n) is 13.1. The number of aliphatic hydroxyl groups excluding tert-OH is 2. The molecule has 0 aromatic heterocycles. The van der Waals surface area contributed by atoms with E-state index in [1.165, 1.54) is 154 Å². The fourth-order valence-corrected chi connectivity index (χ4v) is 5.86. The minimum atomic E-state index is -1.28. The number of Topliss-reactive ketones (excluding diaryl/α,β-unsaturated/α-hetero) is 1. The summed E-state index contributed by atoms with van der Waals surface area (Å²) < 4.78 is 0. The van der Waals surface area contributed by atoms with Crippen LogP contribution in [0.3, 0.4) is 0 Å². The molecule has 0 amide bonds. The van der Waals surface area contributed by atoms with Gasteiger partial charge in [-0.15, -0.1) is 0 Å². The molecule has 0 aromatic rings. The van der Waals surface area contributed by atoms with Crippen LogP contribution in [0.25, 0.3) is 0 Å². The van der Waals surface area contributed by atoms with E-state index in [0.29, 0.717) is 6.42 Å². The van der Waals surface area contributed by atoms with Gasteiger partial charge in [0.15, 0.2) is 5.78 Å². The van der Waals surface area contributed by atoms with Crippen LogP contribution in [0.5, 0.6) is 0 Å². The van der Waals surface area contributed by atoms with Crippen LogP contribution >= 0.6 is 0 Å². The van der Waals surface area contributed by atoms with Crippen molar-refractivity contribution in [1.82, 2.24) is 0 Å². The van der Waals surface area contributed by atoms with Crippen LogP contribution in [0.2, 0.25) is 0 Å². The average molecular weight is 594 g/mol. The molecule has 0 aromatic carbocycles. The molecule has 0 heterocycles. The van der Waals surface area contributed by atoms with Gasteiger partial charge >= 0.3 is 0 Å². The first-order valence-electron chi connectivity index (χ1n) is 18.9. The fourth-order valence-electron chi connectivity index (χ4n) is 5.86. The summed E-state index contributed by atoms with van der Waals surface area (Å²) in [5.41, 5.74) is 6.00. The molecule has 4 nitrogen and oxygen atoms in total. The van der Waals surface area contributed by atoms with E-state index in [1.54, 1.807) is 6.08 Å². The highest BCUT2D eigenvalue weighted by molar-refractivity contribution is 5.83. The van der Waals surface area contributed by atoms with E-state index < -0.39 is 18.2 Å². The second kappa shape index (κ2) is 33.2. The maximum atomic E-state index is 12.4. The summed E-state index contributed by atoms with van der Waals surface area (Å²) in [6.45, 7) is 4.54. The van der Waals surface area contributed by atoms with Crippen molar-refractivity contribution in [3.63, 3.8) is 0 Å². The van der Waals surface area contributed by atoms with Gasteiger partial charge in [-0.05, 0) is 19.3 Å². The van der Waals surface area contributed by atoms with E-state index >= 15 is 0 Å². The number of carbonyl (C=O) groups is 1. The van der Waals surface area contributed by atoms with Crippen LogP contribution in [0.15, 0.2) is 12.2 Å². The number of hydrogen-bond donors (Lipinski definition) is 3. The molecule has 0 spiro atoms. The van der Waals surface area contributed by atoms with Gasteiger partial charge in [-0.2, -0.15) is 0 Å². The summed E-state index contributed by atoms with van der Waals surface area (Å²) in [6.07, 6.45) is 39.3. The Labute approximate surface area is 263 Å². The monoisotopic (exact) mass is 594 g/mol. The first-order valence-corrected chi connectivity index (χ1v) is 18.9. The summed E-state index contributed by atoms with van der Waals surface area (Å²) in [4.78, 5) is 12.4. The van der Waals surface area contributed by atoms with Crippen molar-refractivity contribution in [1.29, 1.82) is 0 Å². The number of nitrogens with two attached hydrogens (primary N) is 1. The van der Waals surface area contributed by atoms with Gasteiger partial charge in [0.25, 0.3) is 0 Å². The Kier molecular flexibility index (Phi) is 32.6. The number of aliphatic hydroxyl groups is 2. The lowest BCUT2D eigenvalue weighted by Crippen LogP contribution is -2.47. The van der Waals surface area contributed by atoms with E-state index in [0.717, 1.165) is 32.1 Å². The average Bonchev–Trinajstić information content (AvgIpc) is 3.00. The molecular formula is C38H75NO3. The SMILES string of the molecule is CCCCCCCCCCCCC/C=C/[C@@H](O)[C@@H](N)C(O)C(=O)CCCCCCCCCCCCCCCCCCC. The highest BCUT2D eigenvalue weighted by Gasteiger charge is 2.26. The van der Waals surface area contributed by atoms with Gasteiger partial charge in [0.2, 0.25) is 0 Å². The zero-order valence-electron chi connectivity index (χ0n) is 28.5. The van der Waals surface area contributed by atoms with Gasteiger partial charge in [0, 0.05) is 6.42 Å². The van der Waals surface area contributed by atoms with Crippen LogP contribution in [0, 0.1) is 0 Å². The predicted molar refractivity (Wildman–Crippen MR) is 184 cm³/mol. The largest absolute Gasteiger partial charge is 0.387 e. The molecule has 4 heteroatoms. The van der Waals surface area contributed by atoms with Gasteiger partial charge in [0.1, 0.15) is 6.10 Å². The maximum Gasteiger partial charge on any atom is 0.162 e. The minimum absolute atomic E-state index is 0.235. The lowest BCUT2D eigenvalue weighted by atomic mass is 9.97. The number of allylic oxidation sites excluding steroid dienone is 1. The molecule has 0 fully saturated rings. The number of unbranched alkanes of at least 4 members (excludes halogenated alkanes) is 27. The van der Waals surface area contributed by atoms with Crippen molar-refractivity contribution in [2.45, 2.75) is 225 Å². The highest BCUT2D eigenvalue weighted by atomic mass is 16.3. The first kappa shape index (κ1) is 41.3. The summed E-state index contributed by atoms with van der Waals surface area (Å²) in [7, 11) is 0. The van der Waals surface area contributed by atoms with Crippen molar-refractivity contribution in [2.24, 2.45) is 5.73 Å². The quantitative estimate of drug-likeness (QED) is 0.0512. The zero-order chi connectivity index (χ0) is 30.9. The Morgan fingerprint density at radius 3 is 1.19 bits per heavy atom. The van der Waals surface area contributed by atoms with Crippen molar-refractivity contribution < 1.29 is 15.0 Å². The Morgan fingerprint density at radius 2 is 0.833 bits per heavy atom. The van der Waals surface area contributed by atoms with Gasteiger partial charge in [-0.1, -0.05) is 193 Å². The molecule has 250 valence electrons. The van der Waals surface area contributed by atoms with Crippen LogP contribution in [-0.2, 0) is 4.79 Å². The molecule has 0 saturated heterocycles.